The number of piperidine rings is 1. The number of nitro benzene ring substituents is 1. The topological polar surface area (TPSA) is 111 Å². The first kappa shape index (κ1) is 21.1. The molecule has 0 bridgehead atoms. The molecule has 0 aliphatic carbocycles. The normalized spacial score (nSPS) is 14.1. The SMILES string of the molecule is COc1cccc(NC(=O)COC(=O)C2CCN(c3ccccc3[N+](=O)[O-])CC2)c1. The fourth-order valence-electron chi connectivity index (χ4n) is 3.39. The quantitative estimate of drug-likeness (QED) is 0.422. The Kier molecular flexibility index (Phi) is 6.84. The number of ether oxygens (including phenoxy) is 2. The molecule has 0 saturated carbocycles. The zero-order valence-electron chi connectivity index (χ0n) is 16.6. The zero-order chi connectivity index (χ0) is 21.5. The highest BCUT2D eigenvalue weighted by atomic mass is 16.6. The van der Waals surface area contributed by atoms with Gasteiger partial charge in [0.2, 0.25) is 0 Å². The molecule has 1 aliphatic rings. The van der Waals surface area contributed by atoms with Crippen molar-refractivity contribution in [1.29, 1.82) is 0 Å². The third kappa shape index (κ3) is 5.25. The van der Waals surface area contributed by atoms with Crippen LogP contribution in [0.4, 0.5) is 17.1 Å². The first-order valence-corrected chi connectivity index (χ1v) is 9.57. The van der Waals surface area contributed by atoms with E-state index in [0.29, 0.717) is 43.1 Å². The third-order valence-electron chi connectivity index (χ3n) is 4.95. The second-order valence-corrected chi connectivity index (χ2v) is 6.89. The molecular formula is C21H23N3O6. The lowest BCUT2D eigenvalue weighted by Crippen LogP contribution is -2.37. The Morgan fingerprint density at radius 3 is 2.60 bits per heavy atom. The highest BCUT2D eigenvalue weighted by Gasteiger charge is 2.29. The highest BCUT2D eigenvalue weighted by Crippen LogP contribution is 2.31. The standard InChI is InChI=1S/C21H23N3O6/c1-29-17-6-4-5-16(13-17)22-20(25)14-30-21(26)15-9-11-23(12-10-15)18-7-2-3-8-19(18)24(27)28/h2-8,13,15H,9-12,14H2,1H3,(H,22,25). The smallest absolute Gasteiger partial charge is 0.309 e. The number of rotatable bonds is 7. The van der Waals surface area contributed by atoms with Gasteiger partial charge in [-0.15, -0.1) is 0 Å². The van der Waals surface area contributed by atoms with E-state index in [4.69, 9.17) is 9.47 Å². The minimum atomic E-state index is -0.436. The van der Waals surface area contributed by atoms with E-state index in [9.17, 15) is 19.7 Å². The van der Waals surface area contributed by atoms with Crippen molar-refractivity contribution in [3.8, 4) is 5.75 Å². The fraction of sp³-hybridized carbons (Fsp3) is 0.333. The number of amides is 1. The number of hydrogen-bond acceptors (Lipinski definition) is 7. The molecule has 2 aromatic rings. The average Bonchev–Trinajstić information content (AvgIpc) is 2.77. The lowest BCUT2D eigenvalue weighted by atomic mass is 9.96. The van der Waals surface area contributed by atoms with Crippen molar-refractivity contribution in [2.45, 2.75) is 12.8 Å². The van der Waals surface area contributed by atoms with Crippen molar-refractivity contribution in [3.63, 3.8) is 0 Å². The maximum absolute atomic E-state index is 12.3. The number of carbonyl (C=O) groups is 2. The largest absolute Gasteiger partial charge is 0.497 e. The summed E-state index contributed by atoms with van der Waals surface area (Å²) in [7, 11) is 1.53. The van der Waals surface area contributed by atoms with Gasteiger partial charge in [0, 0.05) is 30.9 Å². The Hall–Kier alpha value is -3.62. The minimum absolute atomic E-state index is 0.0488. The molecule has 30 heavy (non-hydrogen) atoms. The molecule has 9 nitrogen and oxygen atoms in total. The van der Waals surface area contributed by atoms with Gasteiger partial charge in [0.05, 0.1) is 18.0 Å². The van der Waals surface area contributed by atoms with E-state index in [1.54, 1.807) is 42.5 Å². The van der Waals surface area contributed by atoms with Crippen LogP contribution >= 0.6 is 0 Å². The van der Waals surface area contributed by atoms with Crippen LogP contribution in [0, 0.1) is 16.0 Å². The second-order valence-electron chi connectivity index (χ2n) is 6.89. The number of esters is 1. The molecule has 0 spiro atoms. The van der Waals surface area contributed by atoms with E-state index in [2.05, 4.69) is 5.32 Å². The van der Waals surface area contributed by atoms with Crippen molar-refractivity contribution < 1.29 is 24.0 Å². The van der Waals surface area contributed by atoms with E-state index in [-0.39, 0.29) is 18.2 Å². The summed E-state index contributed by atoms with van der Waals surface area (Å²) in [5.74, 6) is -0.601. The van der Waals surface area contributed by atoms with Crippen molar-refractivity contribution in [2.24, 2.45) is 5.92 Å². The number of para-hydroxylation sites is 2. The van der Waals surface area contributed by atoms with Crippen LogP contribution in [0.2, 0.25) is 0 Å². The van der Waals surface area contributed by atoms with E-state index in [1.807, 2.05) is 4.90 Å². The predicted octanol–water partition coefficient (Wildman–Crippen LogP) is 3.00. The van der Waals surface area contributed by atoms with Crippen molar-refractivity contribution in [1.82, 2.24) is 0 Å². The molecule has 1 heterocycles. The van der Waals surface area contributed by atoms with E-state index in [1.165, 1.54) is 13.2 Å². The molecule has 1 N–H and O–H groups in total. The highest BCUT2D eigenvalue weighted by molar-refractivity contribution is 5.93. The Morgan fingerprint density at radius 1 is 1.17 bits per heavy atom. The summed E-state index contributed by atoms with van der Waals surface area (Å²) in [4.78, 5) is 37.1. The third-order valence-corrected chi connectivity index (χ3v) is 4.95. The van der Waals surface area contributed by atoms with Crippen LogP contribution in [0.3, 0.4) is 0 Å². The van der Waals surface area contributed by atoms with Gasteiger partial charge in [0.25, 0.3) is 11.6 Å². The van der Waals surface area contributed by atoms with Crippen LogP contribution in [0.25, 0.3) is 0 Å². The number of nitro groups is 1. The summed E-state index contributed by atoms with van der Waals surface area (Å²) in [5.41, 5.74) is 1.15. The Morgan fingerprint density at radius 2 is 1.90 bits per heavy atom. The number of nitrogens with one attached hydrogen (secondary N) is 1. The van der Waals surface area contributed by atoms with Gasteiger partial charge >= 0.3 is 5.97 Å². The lowest BCUT2D eigenvalue weighted by molar-refractivity contribution is -0.384. The van der Waals surface area contributed by atoms with Crippen LogP contribution in [0.1, 0.15) is 12.8 Å². The molecule has 1 amide bonds. The van der Waals surface area contributed by atoms with Gasteiger partial charge in [0.15, 0.2) is 6.61 Å². The van der Waals surface area contributed by atoms with Crippen LogP contribution in [0.15, 0.2) is 48.5 Å². The second kappa shape index (κ2) is 9.73. The number of benzene rings is 2. The van der Waals surface area contributed by atoms with Crippen LogP contribution in [-0.2, 0) is 14.3 Å². The summed E-state index contributed by atoms with van der Waals surface area (Å²) in [5, 5.41) is 13.9. The molecule has 0 aromatic heterocycles. The first-order valence-electron chi connectivity index (χ1n) is 9.57. The molecule has 1 aliphatic heterocycles. The maximum atomic E-state index is 12.3. The van der Waals surface area contributed by atoms with Crippen molar-refractivity contribution in [2.75, 3.05) is 37.0 Å². The van der Waals surface area contributed by atoms with Gasteiger partial charge in [-0.25, -0.2) is 0 Å². The van der Waals surface area contributed by atoms with Crippen LogP contribution in [0.5, 0.6) is 5.75 Å². The molecule has 2 aromatic carbocycles. The van der Waals surface area contributed by atoms with Crippen molar-refractivity contribution >= 4 is 28.9 Å². The van der Waals surface area contributed by atoms with Gasteiger partial charge in [-0.2, -0.15) is 0 Å². The molecule has 9 heteroatoms. The molecule has 0 radical (unpaired) electrons. The molecule has 158 valence electrons. The van der Waals surface area contributed by atoms with Crippen LogP contribution < -0.4 is 15.0 Å². The molecule has 1 fully saturated rings. The number of carbonyl (C=O) groups excluding carboxylic acids is 2. The van der Waals surface area contributed by atoms with E-state index in [0.717, 1.165) is 0 Å². The first-order chi connectivity index (χ1) is 14.5. The predicted molar refractivity (Wildman–Crippen MR) is 111 cm³/mol. The molecule has 1 saturated heterocycles. The lowest BCUT2D eigenvalue weighted by Gasteiger charge is -2.32. The van der Waals surface area contributed by atoms with Crippen molar-refractivity contribution in [3.05, 3.63) is 58.6 Å². The summed E-state index contributed by atoms with van der Waals surface area (Å²) in [6.45, 7) is 0.627. The van der Waals surface area contributed by atoms with Crippen LogP contribution in [-0.4, -0.2) is 43.6 Å². The fourth-order valence-corrected chi connectivity index (χ4v) is 3.39. The molecule has 3 rings (SSSR count). The number of methoxy groups -OCH3 is 1. The Balaban J connectivity index is 1.47. The summed E-state index contributed by atoms with van der Waals surface area (Å²) >= 11 is 0. The van der Waals surface area contributed by atoms with E-state index >= 15 is 0 Å². The Bertz CT molecular complexity index is 924. The number of anilines is 2. The molecule has 0 unspecified atom stereocenters. The average molecular weight is 413 g/mol. The summed E-state index contributed by atoms with van der Waals surface area (Å²) in [6.07, 6.45) is 1.00. The van der Waals surface area contributed by atoms with Gasteiger partial charge in [-0.1, -0.05) is 18.2 Å². The Labute approximate surface area is 173 Å². The van der Waals surface area contributed by atoms with Gasteiger partial charge < -0.3 is 19.7 Å². The molecular weight excluding hydrogens is 390 g/mol. The number of nitrogens with zero attached hydrogens (tertiary/aromatic N) is 2. The maximum Gasteiger partial charge on any atom is 0.309 e. The minimum Gasteiger partial charge on any atom is -0.497 e. The van der Waals surface area contributed by atoms with E-state index < -0.39 is 16.8 Å². The monoisotopic (exact) mass is 413 g/mol. The van der Waals surface area contributed by atoms with Gasteiger partial charge in [-0.3, -0.25) is 19.7 Å². The number of hydrogen-bond donors (Lipinski definition) is 1. The summed E-state index contributed by atoms with van der Waals surface area (Å²) < 4.78 is 10.3. The molecule has 0 atom stereocenters. The van der Waals surface area contributed by atoms with Gasteiger partial charge in [-0.05, 0) is 31.0 Å². The summed E-state index contributed by atoms with van der Waals surface area (Å²) in [6, 6.07) is 13.4. The zero-order valence-corrected chi connectivity index (χ0v) is 16.6. The van der Waals surface area contributed by atoms with Gasteiger partial charge in [0.1, 0.15) is 11.4 Å².